The van der Waals surface area contributed by atoms with Crippen molar-refractivity contribution in [3.8, 4) is 0 Å². The molecule has 13 heteroatoms. The van der Waals surface area contributed by atoms with Crippen molar-refractivity contribution in [2.75, 3.05) is 25.0 Å². The molecule has 1 aromatic carbocycles. The minimum Gasteiger partial charge on any atom is -0.461 e. The Morgan fingerprint density at radius 2 is 1.46 bits per heavy atom. The van der Waals surface area contributed by atoms with E-state index in [0.717, 1.165) is 10.5 Å². The zero-order valence-electron chi connectivity index (χ0n) is 23.5. The average Bonchev–Trinajstić information content (AvgIpc) is 3.25. The molecule has 1 heterocycles. The zero-order valence-corrected chi connectivity index (χ0v) is 23.5. The zero-order chi connectivity index (χ0) is 30.4. The fraction of sp³-hybridized carbons (Fsp3) is 0.464. The molecule has 2 rings (SSSR count). The van der Waals surface area contributed by atoms with Crippen LogP contribution < -0.4 is 21.3 Å². The van der Waals surface area contributed by atoms with Crippen LogP contribution in [0.4, 0.5) is 5.69 Å². The first-order valence-electron chi connectivity index (χ1n) is 13.4. The minimum atomic E-state index is -0.918. The summed E-state index contributed by atoms with van der Waals surface area (Å²) >= 11 is 0. The Bertz CT molecular complexity index is 1140. The second-order valence-corrected chi connectivity index (χ2v) is 9.78. The van der Waals surface area contributed by atoms with Crippen molar-refractivity contribution >= 4 is 47.1 Å². The van der Waals surface area contributed by atoms with E-state index < -0.39 is 29.7 Å². The van der Waals surface area contributed by atoms with Crippen molar-refractivity contribution in [1.29, 1.82) is 0 Å². The average molecular weight is 572 g/mol. The van der Waals surface area contributed by atoms with Gasteiger partial charge in [0.2, 0.25) is 23.6 Å². The Kier molecular flexibility index (Phi) is 13.2. The number of nitrogens with zero attached hydrogens (tertiary/aromatic N) is 1. The molecular formula is C28H37N5O8. The molecule has 1 atom stereocenters. The van der Waals surface area contributed by atoms with Gasteiger partial charge in [-0.2, -0.15) is 0 Å². The number of imide groups is 1. The molecule has 0 fully saturated rings. The molecule has 0 spiro atoms. The Labute approximate surface area is 238 Å². The number of carbonyl (C=O) groups excluding carboxylic acids is 7. The van der Waals surface area contributed by atoms with Crippen LogP contribution >= 0.6 is 0 Å². The summed E-state index contributed by atoms with van der Waals surface area (Å²) in [6, 6.07) is 5.75. The Morgan fingerprint density at radius 3 is 2.07 bits per heavy atom. The summed E-state index contributed by atoms with van der Waals surface area (Å²) in [5, 5.41) is 10.2. The SMILES string of the molecule is CC(=O)OCc1ccc(NC(=O)CNC(=O)C(NC(=O)CNC(=O)CCCCCN2C(=O)C=CC2=O)C(C)C)cc1. The molecule has 0 saturated heterocycles. The molecule has 0 bridgehead atoms. The van der Waals surface area contributed by atoms with Gasteiger partial charge in [0.15, 0.2) is 0 Å². The van der Waals surface area contributed by atoms with E-state index in [-0.39, 0.29) is 49.8 Å². The van der Waals surface area contributed by atoms with Gasteiger partial charge in [-0.25, -0.2) is 0 Å². The fourth-order valence-corrected chi connectivity index (χ4v) is 3.76. The highest BCUT2D eigenvalue weighted by molar-refractivity contribution is 6.12. The van der Waals surface area contributed by atoms with E-state index in [1.807, 2.05) is 0 Å². The number of ether oxygens (including phenoxy) is 1. The molecule has 13 nitrogen and oxygen atoms in total. The molecule has 222 valence electrons. The highest BCUT2D eigenvalue weighted by atomic mass is 16.5. The quantitative estimate of drug-likeness (QED) is 0.126. The number of nitrogens with one attached hydrogen (secondary N) is 4. The van der Waals surface area contributed by atoms with Gasteiger partial charge in [-0.1, -0.05) is 32.4 Å². The van der Waals surface area contributed by atoms with Crippen LogP contribution in [0.15, 0.2) is 36.4 Å². The Morgan fingerprint density at radius 1 is 0.829 bits per heavy atom. The number of hydrogen-bond donors (Lipinski definition) is 4. The standard InChI is InChI=1S/C28H37N5O8/c1-18(2)27(28(40)30-16-23(36)31-21-10-8-20(9-11-21)17-41-19(3)34)32-24(37)15-29-22(35)7-5-4-6-14-33-25(38)12-13-26(33)39/h8-13,18,27H,4-7,14-17H2,1-3H3,(H,29,35)(H,30,40)(H,31,36)(H,32,37). The monoisotopic (exact) mass is 571 g/mol. The number of esters is 1. The number of rotatable bonds is 16. The van der Waals surface area contributed by atoms with Gasteiger partial charge < -0.3 is 26.0 Å². The smallest absolute Gasteiger partial charge is 0.302 e. The number of anilines is 1. The van der Waals surface area contributed by atoms with Crippen molar-refractivity contribution in [3.05, 3.63) is 42.0 Å². The molecule has 1 aliphatic rings. The van der Waals surface area contributed by atoms with Gasteiger partial charge in [-0.05, 0) is 36.5 Å². The van der Waals surface area contributed by atoms with Gasteiger partial charge in [-0.15, -0.1) is 0 Å². The maximum absolute atomic E-state index is 12.6. The van der Waals surface area contributed by atoms with Crippen LogP contribution in [-0.2, 0) is 44.9 Å². The first-order valence-corrected chi connectivity index (χ1v) is 13.4. The van der Waals surface area contributed by atoms with Crippen LogP contribution in [0.25, 0.3) is 0 Å². The lowest BCUT2D eigenvalue weighted by Gasteiger charge is -2.21. The van der Waals surface area contributed by atoms with Crippen LogP contribution in [0, 0.1) is 5.92 Å². The highest BCUT2D eigenvalue weighted by Crippen LogP contribution is 2.11. The Balaban J connectivity index is 1.66. The normalized spacial score (nSPS) is 13.1. The molecule has 6 amide bonds. The second-order valence-electron chi connectivity index (χ2n) is 9.78. The van der Waals surface area contributed by atoms with E-state index in [4.69, 9.17) is 4.74 Å². The molecule has 1 aliphatic heterocycles. The van der Waals surface area contributed by atoms with Gasteiger partial charge in [0.05, 0.1) is 13.1 Å². The molecular weight excluding hydrogens is 534 g/mol. The van der Waals surface area contributed by atoms with Gasteiger partial charge in [0.1, 0.15) is 12.6 Å². The Hall–Kier alpha value is -4.55. The summed E-state index contributed by atoms with van der Waals surface area (Å²) in [5.74, 6) is -3.26. The molecule has 1 unspecified atom stereocenters. The van der Waals surface area contributed by atoms with Crippen molar-refractivity contribution < 1.29 is 38.3 Å². The molecule has 1 aromatic rings. The number of amides is 6. The lowest BCUT2D eigenvalue weighted by atomic mass is 10.0. The summed E-state index contributed by atoms with van der Waals surface area (Å²) in [4.78, 5) is 84.4. The molecule has 4 N–H and O–H groups in total. The van der Waals surface area contributed by atoms with E-state index in [9.17, 15) is 33.6 Å². The van der Waals surface area contributed by atoms with Crippen molar-refractivity contribution in [2.45, 2.75) is 59.1 Å². The number of carbonyl (C=O) groups is 7. The van der Waals surface area contributed by atoms with Crippen LogP contribution in [0.5, 0.6) is 0 Å². The molecule has 0 aliphatic carbocycles. The van der Waals surface area contributed by atoms with Gasteiger partial charge in [0, 0.05) is 37.7 Å². The predicted molar refractivity (Wildman–Crippen MR) is 148 cm³/mol. The van der Waals surface area contributed by atoms with E-state index in [1.54, 1.807) is 38.1 Å². The summed E-state index contributed by atoms with van der Waals surface area (Å²) in [5.41, 5.74) is 1.25. The van der Waals surface area contributed by atoms with Crippen LogP contribution in [-0.4, -0.2) is 72.0 Å². The summed E-state index contributed by atoms with van der Waals surface area (Å²) in [7, 11) is 0. The lowest BCUT2D eigenvalue weighted by molar-refractivity contribution is -0.142. The van der Waals surface area contributed by atoms with Crippen molar-refractivity contribution in [2.24, 2.45) is 5.92 Å². The maximum atomic E-state index is 12.6. The first kappa shape index (κ1) is 32.7. The molecule has 0 aromatic heterocycles. The second kappa shape index (κ2) is 16.5. The number of unbranched alkanes of at least 4 members (excludes halogenated alkanes) is 2. The van der Waals surface area contributed by atoms with E-state index in [1.165, 1.54) is 19.1 Å². The fourth-order valence-electron chi connectivity index (χ4n) is 3.76. The largest absolute Gasteiger partial charge is 0.461 e. The third kappa shape index (κ3) is 12.0. The van der Waals surface area contributed by atoms with Gasteiger partial charge in [-0.3, -0.25) is 38.5 Å². The van der Waals surface area contributed by atoms with Crippen molar-refractivity contribution in [1.82, 2.24) is 20.9 Å². The van der Waals surface area contributed by atoms with E-state index in [0.29, 0.717) is 31.5 Å². The van der Waals surface area contributed by atoms with Crippen molar-refractivity contribution in [3.63, 3.8) is 0 Å². The molecule has 0 saturated carbocycles. The summed E-state index contributed by atoms with van der Waals surface area (Å²) < 4.78 is 4.91. The van der Waals surface area contributed by atoms with Crippen LogP contribution in [0.3, 0.4) is 0 Å². The summed E-state index contributed by atoms with van der Waals surface area (Å²) in [6.07, 6.45) is 4.34. The number of benzene rings is 1. The van der Waals surface area contributed by atoms with Gasteiger partial charge >= 0.3 is 5.97 Å². The van der Waals surface area contributed by atoms with Crippen LogP contribution in [0.1, 0.15) is 52.0 Å². The lowest BCUT2D eigenvalue weighted by Crippen LogP contribution is -2.52. The van der Waals surface area contributed by atoms with Gasteiger partial charge in [0.25, 0.3) is 11.8 Å². The van der Waals surface area contributed by atoms with E-state index in [2.05, 4.69) is 21.3 Å². The first-order chi connectivity index (χ1) is 19.5. The minimum absolute atomic E-state index is 0.122. The van der Waals surface area contributed by atoms with Crippen LogP contribution in [0.2, 0.25) is 0 Å². The third-order valence-corrected chi connectivity index (χ3v) is 6.00. The summed E-state index contributed by atoms with van der Waals surface area (Å²) in [6.45, 7) is 4.57. The highest BCUT2D eigenvalue weighted by Gasteiger charge is 2.25. The maximum Gasteiger partial charge on any atom is 0.302 e. The topological polar surface area (TPSA) is 180 Å². The third-order valence-electron chi connectivity index (χ3n) is 6.00. The molecule has 0 radical (unpaired) electrons. The van der Waals surface area contributed by atoms with E-state index >= 15 is 0 Å². The predicted octanol–water partition coefficient (Wildman–Crippen LogP) is 0.547. The molecule has 41 heavy (non-hydrogen) atoms. The number of hydrogen-bond acceptors (Lipinski definition) is 8.